The fourth-order valence-electron chi connectivity index (χ4n) is 2.88. The summed E-state index contributed by atoms with van der Waals surface area (Å²) in [6.07, 6.45) is 1.54. The van der Waals surface area contributed by atoms with Gasteiger partial charge in [-0.15, -0.1) is 0 Å². The number of amides is 1. The minimum Gasteiger partial charge on any atom is -0.507 e. The molecule has 0 bridgehead atoms. The van der Waals surface area contributed by atoms with Gasteiger partial charge in [-0.1, -0.05) is 28.1 Å². The maximum atomic E-state index is 12.4. The van der Waals surface area contributed by atoms with Crippen LogP contribution >= 0.6 is 15.9 Å². The topological polar surface area (TPSA) is 80.2 Å². The summed E-state index contributed by atoms with van der Waals surface area (Å²) in [6.45, 7) is 4.89. The highest BCUT2D eigenvalue weighted by atomic mass is 79.9. The van der Waals surface area contributed by atoms with Crippen LogP contribution in [0.1, 0.15) is 29.8 Å². The van der Waals surface area contributed by atoms with E-state index in [0.29, 0.717) is 23.4 Å². The average Bonchev–Trinajstić information content (AvgIpc) is 2.71. The van der Waals surface area contributed by atoms with Gasteiger partial charge in [-0.3, -0.25) is 4.79 Å². The van der Waals surface area contributed by atoms with Gasteiger partial charge in [-0.25, -0.2) is 5.43 Å². The zero-order chi connectivity index (χ0) is 20.8. The normalized spacial score (nSPS) is 11.0. The lowest BCUT2D eigenvalue weighted by molar-refractivity contribution is 0.0952. The molecular weight excluding hydrogens is 436 g/mol. The summed E-state index contributed by atoms with van der Waals surface area (Å²) < 4.78 is 12.0. The number of nitrogens with zero attached hydrogens (tertiary/aromatic N) is 1. The van der Waals surface area contributed by atoms with E-state index in [1.165, 1.54) is 18.3 Å². The number of halogens is 1. The number of hydrogen-bond donors (Lipinski definition) is 2. The van der Waals surface area contributed by atoms with Gasteiger partial charge in [0, 0.05) is 10.0 Å². The van der Waals surface area contributed by atoms with Crippen molar-refractivity contribution in [2.24, 2.45) is 5.10 Å². The van der Waals surface area contributed by atoms with Gasteiger partial charge >= 0.3 is 0 Å². The molecule has 0 atom stereocenters. The summed E-state index contributed by atoms with van der Waals surface area (Å²) in [4.78, 5) is 12.4. The van der Waals surface area contributed by atoms with Crippen LogP contribution in [0, 0.1) is 0 Å². The highest BCUT2D eigenvalue weighted by molar-refractivity contribution is 9.10. The number of carbonyl (C=O) groups is 1. The number of hydrogen-bond acceptors (Lipinski definition) is 5. The first-order valence-electron chi connectivity index (χ1n) is 9.17. The van der Waals surface area contributed by atoms with Crippen LogP contribution < -0.4 is 14.9 Å². The SMILES string of the molecule is CCOc1ccc2ccc(OCC)c(/C=N\NC(=O)c3cc(Br)ccc3O)c2c1. The van der Waals surface area contributed by atoms with E-state index >= 15 is 0 Å². The van der Waals surface area contributed by atoms with Crippen LogP contribution in [0.2, 0.25) is 0 Å². The number of ether oxygens (including phenoxy) is 2. The molecule has 0 radical (unpaired) electrons. The van der Waals surface area contributed by atoms with Crippen molar-refractivity contribution in [3.05, 3.63) is 64.1 Å². The van der Waals surface area contributed by atoms with Crippen LogP contribution in [0.5, 0.6) is 17.2 Å². The highest BCUT2D eigenvalue weighted by Crippen LogP contribution is 2.30. The Morgan fingerprint density at radius 1 is 1.10 bits per heavy atom. The molecule has 0 fully saturated rings. The van der Waals surface area contributed by atoms with Crippen molar-refractivity contribution in [2.45, 2.75) is 13.8 Å². The first-order chi connectivity index (χ1) is 14.0. The molecular formula is C22H21BrN2O4. The van der Waals surface area contributed by atoms with Crippen molar-refractivity contribution in [2.75, 3.05) is 13.2 Å². The fourth-order valence-corrected chi connectivity index (χ4v) is 3.24. The smallest absolute Gasteiger partial charge is 0.275 e. The second kappa shape index (κ2) is 9.43. The summed E-state index contributed by atoms with van der Waals surface area (Å²) in [7, 11) is 0. The van der Waals surface area contributed by atoms with Gasteiger partial charge in [-0.2, -0.15) is 5.10 Å². The van der Waals surface area contributed by atoms with E-state index in [1.54, 1.807) is 6.07 Å². The number of phenolic OH excluding ortho intramolecular Hbond substituents is 1. The molecule has 7 heteroatoms. The lowest BCUT2D eigenvalue weighted by atomic mass is 10.0. The Labute approximate surface area is 177 Å². The van der Waals surface area contributed by atoms with E-state index in [-0.39, 0.29) is 11.3 Å². The monoisotopic (exact) mass is 456 g/mol. The second-order valence-corrected chi connectivity index (χ2v) is 7.00. The van der Waals surface area contributed by atoms with Gasteiger partial charge < -0.3 is 14.6 Å². The molecule has 29 heavy (non-hydrogen) atoms. The van der Waals surface area contributed by atoms with Crippen molar-refractivity contribution in [1.82, 2.24) is 5.43 Å². The number of phenols is 1. The second-order valence-electron chi connectivity index (χ2n) is 6.09. The van der Waals surface area contributed by atoms with Crippen molar-refractivity contribution < 1.29 is 19.4 Å². The molecule has 1 amide bonds. The minimum atomic E-state index is -0.520. The number of hydrazone groups is 1. The molecule has 3 aromatic rings. The summed E-state index contributed by atoms with van der Waals surface area (Å²) in [5.74, 6) is 0.749. The number of rotatable bonds is 7. The molecule has 0 aliphatic heterocycles. The van der Waals surface area contributed by atoms with Gasteiger partial charge in [0.15, 0.2) is 0 Å². The molecule has 0 saturated carbocycles. The number of nitrogens with one attached hydrogen (secondary N) is 1. The van der Waals surface area contributed by atoms with Crippen molar-refractivity contribution >= 4 is 38.8 Å². The number of carbonyl (C=O) groups excluding carboxylic acids is 1. The molecule has 0 unspecified atom stereocenters. The van der Waals surface area contributed by atoms with Crippen LogP contribution in [0.25, 0.3) is 10.8 Å². The predicted octanol–water partition coefficient (Wildman–Crippen LogP) is 4.87. The first kappa shape index (κ1) is 20.7. The van der Waals surface area contributed by atoms with Crippen molar-refractivity contribution in [3.63, 3.8) is 0 Å². The molecule has 6 nitrogen and oxygen atoms in total. The molecule has 0 aliphatic carbocycles. The third-order valence-electron chi connectivity index (χ3n) is 4.17. The Hall–Kier alpha value is -3.06. The Morgan fingerprint density at radius 2 is 1.86 bits per heavy atom. The molecule has 3 rings (SSSR count). The molecule has 0 aliphatic rings. The van der Waals surface area contributed by atoms with Gasteiger partial charge in [0.2, 0.25) is 0 Å². The van der Waals surface area contributed by atoms with Crippen LogP contribution in [0.15, 0.2) is 58.1 Å². The number of fused-ring (bicyclic) bond motifs is 1. The molecule has 150 valence electrons. The fraction of sp³-hybridized carbons (Fsp3) is 0.182. The van der Waals surface area contributed by atoms with Crippen molar-refractivity contribution in [3.8, 4) is 17.2 Å². The zero-order valence-electron chi connectivity index (χ0n) is 16.1. The minimum absolute atomic E-state index is 0.123. The van der Waals surface area contributed by atoms with Gasteiger partial charge in [0.25, 0.3) is 5.91 Å². The van der Waals surface area contributed by atoms with Crippen LogP contribution in [-0.2, 0) is 0 Å². The van der Waals surface area contributed by atoms with Crippen LogP contribution in [0.3, 0.4) is 0 Å². The molecule has 3 aromatic carbocycles. The van der Waals surface area contributed by atoms with E-state index in [2.05, 4.69) is 26.5 Å². The maximum Gasteiger partial charge on any atom is 0.275 e. The van der Waals surface area contributed by atoms with Crippen LogP contribution in [-0.4, -0.2) is 30.4 Å². The van der Waals surface area contributed by atoms with E-state index in [4.69, 9.17) is 9.47 Å². The zero-order valence-corrected chi connectivity index (χ0v) is 17.7. The standard InChI is InChI=1S/C22H21BrN2O4/c1-3-28-16-8-5-14-6-10-21(29-4-2)19(17(14)12-16)13-24-25-22(27)18-11-15(23)7-9-20(18)26/h5-13,26H,3-4H2,1-2H3,(H,25,27)/b24-13-. The Morgan fingerprint density at radius 3 is 2.62 bits per heavy atom. The lowest BCUT2D eigenvalue weighted by Crippen LogP contribution is -2.17. The van der Waals surface area contributed by atoms with E-state index in [9.17, 15) is 9.90 Å². The van der Waals surface area contributed by atoms with Gasteiger partial charge in [0.1, 0.15) is 17.2 Å². The van der Waals surface area contributed by atoms with E-state index in [0.717, 1.165) is 22.1 Å². The molecule has 2 N–H and O–H groups in total. The molecule has 0 aromatic heterocycles. The summed E-state index contributed by atoms with van der Waals surface area (Å²) in [6, 6.07) is 14.2. The van der Waals surface area contributed by atoms with Crippen LogP contribution in [0.4, 0.5) is 0 Å². The largest absolute Gasteiger partial charge is 0.507 e. The average molecular weight is 457 g/mol. The summed E-state index contributed by atoms with van der Waals surface area (Å²) in [5.41, 5.74) is 3.30. The lowest BCUT2D eigenvalue weighted by Gasteiger charge is -2.12. The summed E-state index contributed by atoms with van der Waals surface area (Å²) in [5, 5.41) is 15.9. The number of aromatic hydroxyl groups is 1. The van der Waals surface area contributed by atoms with E-state index < -0.39 is 5.91 Å². The van der Waals surface area contributed by atoms with Gasteiger partial charge in [0.05, 0.1) is 25.0 Å². The van der Waals surface area contributed by atoms with Crippen molar-refractivity contribution in [1.29, 1.82) is 0 Å². The third kappa shape index (κ3) is 4.86. The Balaban J connectivity index is 1.94. The molecule has 0 saturated heterocycles. The quantitative estimate of drug-likeness (QED) is 0.392. The highest BCUT2D eigenvalue weighted by Gasteiger charge is 2.12. The maximum absolute atomic E-state index is 12.4. The molecule has 0 heterocycles. The molecule has 0 spiro atoms. The Bertz CT molecular complexity index is 1060. The number of benzene rings is 3. The Kier molecular flexibility index (Phi) is 6.72. The first-order valence-corrected chi connectivity index (χ1v) is 9.97. The third-order valence-corrected chi connectivity index (χ3v) is 4.66. The summed E-state index contributed by atoms with van der Waals surface area (Å²) >= 11 is 3.28. The predicted molar refractivity (Wildman–Crippen MR) is 117 cm³/mol. The van der Waals surface area contributed by atoms with E-state index in [1.807, 2.05) is 44.2 Å². The van der Waals surface area contributed by atoms with Gasteiger partial charge in [-0.05, 0) is 61.0 Å².